The maximum absolute atomic E-state index is 3.15. The van der Waals surface area contributed by atoms with Gasteiger partial charge in [0.2, 0.25) is 0 Å². The Morgan fingerprint density at radius 2 is 1.58 bits per heavy atom. The second-order valence-corrected chi connectivity index (χ2v) is 2.26. The average molecular weight is 167 g/mol. The summed E-state index contributed by atoms with van der Waals surface area (Å²) in [5.74, 6) is 0. The van der Waals surface area contributed by atoms with Crippen LogP contribution in [0.2, 0.25) is 0 Å². The zero-order valence-electron chi connectivity index (χ0n) is 7.25. The average Bonchev–Trinajstić information content (AvgIpc) is 2.05. The van der Waals surface area contributed by atoms with Gasteiger partial charge in [-0.05, 0) is 0 Å². The van der Waals surface area contributed by atoms with Crippen molar-refractivity contribution in [1.82, 2.24) is 0 Å². The summed E-state index contributed by atoms with van der Waals surface area (Å²) >= 11 is 0. The van der Waals surface area contributed by atoms with Gasteiger partial charge in [0.1, 0.15) is 0 Å². The standard InChI is InChI=1S/C10H7.CH3.Mg/c1-2-6-10-8-4-3-7-9(10)5-1;;/h1-7H;1H3;/q2*-1;+2. The zero-order chi connectivity index (χ0) is 6.81. The molecule has 0 amide bonds. The van der Waals surface area contributed by atoms with Crippen molar-refractivity contribution in [3.8, 4) is 0 Å². The Morgan fingerprint density at radius 3 is 2.33 bits per heavy atom. The van der Waals surface area contributed by atoms with Crippen molar-refractivity contribution in [1.29, 1.82) is 0 Å². The van der Waals surface area contributed by atoms with E-state index in [9.17, 15) is 0 Å². The first kappa shape index (κ1) is 11.5. The molecular weight excluding hydrogens is 156 g/mol. The van der Waals surface area contributed by atoms with Gasteiger partial charge in [0.25, 0.3) is 0 Å². The van der Waals surface area contributed by atoms with E-state index < -0.39 is 0 Å². The minimum atomic E-state index is 0. The molecule has 0 spiro atoms. The number of fused-ring (bicyclic) bond motifs is 1. The van der Waals surface area contributed by atoms with Crippen molar-refractivity contribution >= 4 is 33.8 Å². The molecule has 0 aliphatic heterocycles. The summed E-state index contributed by atoms with van der Waals surface area (Å²) in [5, 5.41) is 2.44. The van der Waals surface area contributed by atoms with Crippen LogP contribution in [-0.2, 0) is 0 Å². The predicted octanol–water partition coefficient (Wildman–Crippen LogP) is 2.71. The topological polar surface area (TPSA) is 0 Å². The Morgan fingerprint density at radius 1 is 0.917 bits per heavy atom. The molecule has 0 saturated carbocycles. The fraction of sp³-hybridized carbons (Fsp3) is 0. The summed E-state index contributed by atoms with van der Waals surface area (Å²) < 4.78 is 0. The van der Waals surface area contributed by atoms with Crippen LogP contribution < -0.4 is 0 Å². The molecule has 2 rings (SSSR count). The second kappa shape index (κ2) is 5.17. The Bertz CT molecular complexity index is 276. The van der Waals surface area contributed by atoms with E-state index in [-0.39, 0.29) is 30.5 Å². The van der Waals surface area contributed by atoms with Crippen molar-refractivity contribution in [3.63, 3.8) is 0 Å². The molecule has 0 aromatic heterocycles. The van der Waals surface area contributed by atoms with Crippen LogP contribution >= 0.6 is 0 Å². The first-order valence-electron chi connectivity index (χ1n) is 3.32. The third-order valence-corrected chi connectivity index (χ3v) is 1.57. The van der Waals surface area contributed by atoms with Crippen LogP contribution in [0, 0.1) is 13.5 Å². The monoisotopic (exact) mass is 166 g/mol. The fourth-order valence-electron chi connectivity index (χ4n) is 1.06. The van der Waals surface area contributed by atoms with E-state index in [0.29, 0.717) is 0 Å². The minimum absolute atomic E-state index is 0. The molecular formula is C11H10Mg. The van der Waals surface area contributed by atoms with E-state index in [1.807, 2.05) is 24.3 Å². The van der Waals surface area contributed by atoms with Gasteiger partial charge in [0, 0.05) is 0 Å². The minimum Gasteiger partial charge on any atom is -0.358 e. The molecule has 1 heteroatoms. The molecule has 56 valence electrons. The maximum Gasteiger partial charge on any atom is 2.00 e. The van der Waals surface area contributed by atoms with Gasteiger partial charge in [-0.15, -0.1) is 47.2 Å². The van der Waals surface area contributed by atoms with Crippen LogP contribution in [0.15, 0.2) is 42.5 Å². The van der Waals surface area contributed by atoms with Gasteiger partial charge in [-0.2, -0.15) is 0 Å². The Kier molecular flexibility index (Phi) is 4.94. The number of hydrogen-bond acceptors (Lipinski definition) is 0. The first-order valence-corrected chi connectivity index (χ1v) is 3.32. The third kappa shape index (κ3) is 2.22. The Hall–Kier alpha value is -0.534. The maximum atomic E-state index is 3.15. The van der Waals surface area contributed by atoms with E-state index in [1.54, 1.807) is 0 Å². The molecule has 0 aliphatic carbocycles. The zero-order valence-corrected chi connectivity index (χ0v) is 8.66. The molecule has 0 aliphatic rings. The largest absolute Gasteiger partial charge is 2.00 e. The molecule has 0 bridgehead atoms. The van der Waals surface area contributed by atoms with Gasteiger partial charge in [0.15, 0.2) is 0 Å². The van der Waals surface area contributed by atoms with Crippen molar-refractivity contribution in [3.05, 3.63) is 56.0 Å². The molecule has 0 heterocycles. The van der Waals surface area contributed by atoms with Gasteiger partial charge in [-0.25, -0.2) is 0 Å². The summed E-state index contributed by atoms with van der Waals surface area (Å²) in [7, 11) is 0. The molecule has 0 fully saturated rings. The molecule has 0 saturated heterocycles. The summed E-state index contributed by atoms with van der Waals surface area (Å²) in [5.41, 5.74) is 0. The van der Waals surface area contributed by atoms with Crippen molar-refractivity contribution in [2.45, 2.75) is 0 Å². The Labute approximate surface area is 89.8 Å². The number of hydrogen-bond donors (Lipinski definition) is 0. The van der Waals surface area contributed by atoms with E-state index in [0.717, 1.165) is 0 Å². The molecule has 0 nitrogen and oxygen atoms in total. The van der Waals surface area contributed by atoms with Gasteiger partial charge in [0.05, 0.1) is 0 Å². The summed E-state index contributed by atoms with van der Waals surface area (Å²) in [6.45, 7) is 0. The summed E-state index contributed by atoms with van der Waals surface area (Å²) in [6.07, 6.45) is 0. The van der Waals surface area contributed by atoms with Gasteiger partial charge < -0.3 is 7.43 Å². The van der Waals surface area contributed by atoms with Gasteiger partial charge >= 0.3 is 23.1 Å². The number of rotatable bonds is 0. The van der Waals surface area contributed by atoms with E-state index in [1.165, 1.54) is 10.8 Å². The van der Waals surface area contributed by atoms with Crippen LogP contribution in [0.3, 0.4) is 0 Å². The Balaban J connectivity index is 0.000000605. The normalized spacial score (nSPS) is 8.33. The SMILES string of the molecule is [CH3-].[Mg+2].[c-]1cccc2ccccc12. The molecule has 0 radical (unpaired) electrons. The van der Waals surface area contributed by atoms with Crippen LogP contribution in [0.25, 0.3) is 10.8 Å². The molecule has 0 unspecified atom stereocenters. The van der Waals surface area contributed by atoms with E-state index in [2.05, 4.69) is 24.3 Å². The second-order valence-electron chi connectivity index (χ2n) is 2.26. The van der Waals surface area contributed by atoms with Crippen molar-refractivity contribution in [2.24, 2.45) is 0 Å². The van der Waals surface area contributed by atoms with Gasteiger partial charge in [-0.3, -0.25) is 0 Å². The van der Waals surface area contributed by atoms with Crippen molar-refractivity contribution in [2.75, 3.05) is 0 Å². The van der Waals surface area contributed by atoms with Crippen LogP contribution in [0.1, 0.15) is 0 Å². The van der Waals surface area contributed by atoms with Crippen LogP contribution in [0.5, 0.6) is 0 Å². The number of benzene rings is 2. The molecule has 0 N–H and O–H groups in total. The van der Waals surface area contributed by atoms with E-state index >= 15 is 0 Å². The first-order chi connectivity index (χ1) is 4.97. The quantitative estimate of drug-likeness (QED) is 0.417. The van der Waals surface area contributed by atoms with Crippen molar-refractivity contribution < 1.29 is 0 Å². The molecule has 0 atom stereocenters. The summed E-state index contributed by atoms with van der Waals surface area (Å²) in [6, 6.07) is 17.4. The predicted molar refractivity (Wildman–Crippen MR) is 55.0 cm³/mol. The molecule has 2 aromatic carbocycles. The molecule has 12 heavy (non-hydrogen) atoms. The fourth-order valence-corrected chi connectivity index (χ4v) is 1.06. The van der Waals surface area contributed by atoms with Gasteiger partial charge in [-0.1, -0.05) is 12.1 Å². The molecule has 2 aromatic rings. The smallest absolute Gasteiger partial charge is 0.358 e. The van der Waals surface area contributed by atoms with Crippen LogP contribution in [-0.4, -0.2) is 23.1 Å². The third-order valence-electron chi connectivity index (χ3n) is 1.57. The van der Waals surface area contributed by atoms with E-state index in [4.69, 9.17) is 0 Å². The van der Waals surface area contributed by atoms with Crippen LogP contribution in [0.4, 0.5) is 0 Å². The summed E-state index contributed by atoms with van der Waals surface area (Å²) in [4.78, 5) is 0.